The molecule has 1 aliphatic rings. The van der Waals surface area contributed by atoms with Crippen molar-refractivity contribution in [1.82, 2.24) is 0 Å². The highest BCUT2D eigenvalue weighted by Crippen LogP contribution is 2.25. The molecule has 1 nitrogen and oxygen atoms in total. The minimum atomic E-state index is -0.612. The molecule has 0 aromatic carbocycles. The van der Waals surface area contributed by atoms with E-state index in [9.17, 15) is 0 Å². The van der Waals surface area contributed by atoms with Crippen molar-refractivity contribution in [2.24, 2.45) is 0 Å². The zero-order chi connectivity index (χ0) is 8.97. The summed E-state index contributed by atoms with van der Waals surface area (Å²) in [6, 6.07) is 0. The molecule has 1 rings (SSSR count). The van der Waals surface area contributed by atoms with E-state index in [-0.39, 0.29) is 0 Å². The van der Waals surface area contributed by atoms with Gasteiger partial charge in [-0.05, 0) is 19.3 Å². The van der Waals surface area contributed by atoms with E-state index in [0.29, 0.717) is 6.61 Å². The third-order valence-corrected chi connectivity index (χ3v) is 4.15. The summed E-state index contributed by atoms with van der Waals surface area (Å²) in [6.45, 7) is 5.05. The largest absolute Gasteiger partial charge is 0.396 e. The van der Waals surface area contributed by atoms with Crippen LogP contribution in [0.4, 0.5) is 0 Å². The van der Waals surface area contributed by atoms with Gasteiger partial charge in [-0.2, -0.15) is 0 Å². The fourth-order valence-corrected chi connectivity index (χ4v) is 3.31. The molecule has 0 saturated carbocycles. The Labute approximate surface area is 76.4 Å². The van der Waals surface area contributed by atoms with Gasteiger partial charge in [0, 0.05) is 6.61 Å². The molecule has 0 radical (unpaired) electrons. The average Bonchev–Trinajstić information content (AvgIpc) is 2.48. The first-order valence-electron chi connectivity index (χ1n) is 4.76. The highest BCUT2D eigenvalue weighted by atomic mass is 28.3. The predicted octanol–water partition coefficient (Wildman–Crippen LogP) is 2.04. The fourth-order valence-electron chi connectivity index (χ4n) is 1.70. The lowest BCUT2D eigenvalue weighted by molar-refractivity contribution is 0.289. The maximum Gasteiger partial charge on any atom is 0.0646 e. The maximum atomic E-state index is 8.72. The molecule has 0 aromatic heterocycles. The van der Waals surface area contributed by atoms with Crippen molar-refractivity contribution in [1.29, 1.82) is 0 Å². The molecule has 1 N–H and O–H groups in total. The number of aliphatic hydroxyl groups excluding tert-OH is 1. The van der Waals surface area contributed by atoms with Crippen LogP contribution in [0.15, 0.2) is 22.9 Å². The summed E-state index contributed by atoms with van der Waals surface area (Å²) >= 11 is 0. The van der Waals surface area contributed by atoms with Crippen molar-refractivity contribution < 1.29 is 5.11 Å². The third-order valence-electron chi connectivity index (χ3n) is 2.30. The maximum absolute atomic E-state index is 8.72. The molecule has 68 valence electrons. The molecule has 0 aromatic rings. The molecule has 0 saturated heterocycles. The molecule has 0 fully saturated rings. The van der Waals surface area contributed by atoms with Crippen molar-refractivity contribution in [2.45, 2.75) is 32.4 Å². The molecule has 0 unspecified atom stereocenters. The lowest BCUT2D eigenvalue weighted by atomic mass is 10.1. The molecule has 0 heterocycles. The van der Waals surface area contributed by atoms with Crippen LogP contribution in [0.5, 0.6) is 0 Å². The molecule has 0 spiro atoms. The minimum Gasteiger partial charge on any atom is -0.396 e. The van der Waals surface area contributed by atoms with Gasteiger partial charge in [0.15, 0.2) is 0 Å². The van der Waals surface area contributed by atoms with Gasteiger partial charge in [0.25, 0.3) is 0 Å². The number of hydrogen-bond acceptors (Lipinski definition) is 1. The lowest BCUT2D eigenvalue weighted by Crippen LogP contribution is -2.06. The first-order chi connectivity index (χ1) is 5.75. The highest BCUT2D eigenvalue weighted by molar-refractivity contribution is 6.65. The fraction of sp³-hybridized carbons (Fsp3) is 0.600. The Kier molecular flexibility index (Phi) is 3.76. The average molecular weight is 182 g/mol. The SMILES string of the molecule is C[SiH](C)C1=CCC=C1CCCO. The molecule has 12 heavy (non-hydrogen) atoms. The van der Waals surface area contributed by atoms with E-state index in [0.717, 1.165) is 19.3 Å². The minimum absolute atomic E-state index is 0.324. The van der Waals surface area contributed by atoms with Crippen molar-refractivity contribution in [3.63, 3.8) is 0 Å². The van der Waals surface area contributed by atoms with Gasteiger partial charge in [-0.3, -0.25) is 0 Å². The van der Waals surface area contributed by atoms with E-state index in [1.165, 1.54) is 5.57 Å². The zero-order valence-electron chi connectivity index (χ0n) is 8.01. The Bertz CT molecular complexity index is 204. The molecule has 1 aliphatic carbocycles. The summed E-state index contributed by atoms with van der Waals surface area (Å²) in [7, 11) is -0.612. The van der Waals surface area contributed by atoms with Crippen molar-refractivity contribution in [3.8, 4) is 0 Å². The molecular weight excluding hydrogens is 164 g/mol. The van der Waals surface area contributed by atoms with Crippen LogP contribution in [-0.2, 0) is 0 Å². The molecule has 2 heteroatoms. The van der Waals surface area contributed by atoms with Gasteiger partial charge in [-0.1, -0.05) is 36.0 Å². The topological polar surface area (TPSA) is 20.2 Å². The Morgan fingerprint density at radius 2 is 2.17 bits per heavy atom. The van der Waals surface area contributed by atoms with Gasteiger partial charge in [-0.15, -0.1) is 0 Å². The van der Waals surface area contributed by atoms with Crippen molar-refractivity contribution >= 4 is 8.80 Å². The number of hydrogen-bond donors (Lipinski definition) is 1. The van der Waals surface area contributed by atoms with E-state index in [4.69, 9.17) is 5.11 Å². The van der Waals surface area contributed by atoms with Gasteiger partial charge >= 0.3 is 0 Å². The Hall–Kier alpha value is -0.343. The quantitative estimate of drug-likeness (QED) is 0.660. The summed E-state index contributed by atoms with van der Waals surface area (Å²) in [6.07, 6.45) is 7.81. The van der Waals surface area contributed by atoms with Crippen LogP contribution in [0, 0.1) is 0 Å². The Morgan fingerprint density at radius 1 is 1.42 bits per heavy atom. The van der Waals surface area contributed by atoms with Crippen LogP contribution in [0.25, 0.3) is 0 Å². The van der Waals surface area contributed by atoms with Crippen LogP contribution >= 0.6 is 0 Å². The number of allylic oxidation sites excluding steroid dienone is 4. The Balaban J connectivity index is 2.49. The smallest absolute Gasteiger partial charge is 0.0646 e. The van der Waals surface area contributed by atoms with E-state index in [1.54, 1.807) is 5.20 Å². The first-order valence-corrected chi connectivity index (χ1v) is 7.64. The summed E-state index contributed by atoms with van der Waals surface area (Å²) < 4.78 is 0. The van der Waals surface area contributed by atoms with Crippen molar-refractivity contribution in [3.05, 3.63) is 22.9 Å². The van der Waals surface area contributed by atoms with Gasteiger partial charge in [0.05, 0.1) is 8.80 Å². The van der Waals surface area contributed by atoms with E-state index in [2.05, 4.69) is 25.2 Å². The third kappa shape index (κ3) is 2.32. The lowest BCUT2D eigenvalue weighted by Gasteiger charge is -2.10. The number of aliphatic hydroxyl groups is 1. The van der Waals surface area contributed by atoms with Crippen LogP contribution in [0.1, 0.15) is 19.3 Å². The van der Waals surface area contributed by atoms with Crippen molar-refractivity contribution in [2.75, 3.05) is 6.61 Å². The predicted molar refractivity (Wildman–Crippen MR) is 56.0 cm³/mol. The van der Waals surface area contributed by atoms with Gasteiger partial charge in [-0.25, -0.2) is 0 Å². The molecule has 0 aliphatic heterocycles. The van der Waals surface area contributed by atoms with Crippen LogP contribution in [-0.4, -0.2) is 20.5 Å². The second kappa shape index (κ2) is 4.63. The molecular formula is C10H18OSi. The van der Waals surface area contributed by atoms with E-state index in [1.807, 2.05) is 0 Å². The second-order valence-electron chi connectivity index (χ2n) is 3.61. The van der Waals surface area contributed by atoms with Gasteiger partial charge < -0.3 is 5.11 Å². The van der Waals surface area contributed by atoms with E-state index >= 15 is 0 Å². The summed E-state index contributed by atoms with van der Waals surface area (Å²) in [4.78, 5) is 0. The van der Waals surface area contributed by atoms with Crippen LogP contribution in [0.3, 0.4) is 0 Å². The Morgan fingerprint density at radius 3 is 2.75 bits per heavy atom. The molecule has 0 amide bonds. The summed E-state index contributed by atoms with van der Waals surface area (Å²) in [5.41, 5.74) is 1.52. The van der Waals surface area contributed by atoms with Gasteiger partial charge in [0.1, 0.15) is 0 Å². The van der Waals surface area contributed by atoms with Crippen LogP contribution in [0.2, 0.25) is 13.1 Å². The van der Waals surface area contributed by atoms with E-state index < -0.39 is 8.80 Å². The zero-order valence-corrected chi connectivity index (χ0v) is 9.16. The summed E-state index contributed by atoms with van der Waals surface area (Å²) in [5, 5.41) is 10.3. The van der Waals surface area contributed by atoms with Gasteiger partial charge in [0.2, 0.25) is 0 Å². The first kappa shape index (κ1) is 9.74. The standard InChI is InChI=1S/C10H18OSi/c1-12(2)10-7-3-5-9(10)6-4-8-11/h5,7,11-12H,3-4,6,8H2,1-2H3. The second-order valence-corrected chi connectivity index (χ2v) is 6.54. The normalized spacial score (nSPS) is 16.7. The molecule has 0 bridgehead atoms. The number of rotatable bonds is 4. The molecule has 0 atom stereocenters. The monoisotopic (exact) mass is 182 g/mol. The summed E-state index contributed by atoms with van der Waals surface area (Å²) in [5.74, 6) is 0. The highest BCUT2D eigenvalue weighted by Gasteiger charge is 2.12. The van der Waals surface area contributed by atoms with Crippen LogP contribution < -0.4 is 0 Å².